The zero-order valence-electron chi connectivity index (χ0n) is 13.3. The van der Waals surface area contributed by atoms with E-state index in [1.54, 1.807) is 24.3 Å². The molecule has 0 saturated heterocycles. The van der Waals surface area contributed by atoms with Crippen LogP contribution in [0.3, 0.4) is 0 Å². The quantitative estimate of drug-likeness (QED) is 0.812. The second kappa shape index (κ2) is 7.04. The molecule has 1 aliphatic heterocycles. The second-order valence-corrected chi connectivity index (χ2v) is 5.68. The fourth-order valence-corrected chi connectivity index (χ4v) is 2.61. The third-order valence-corrected chi connectivity index (χ3v) is 3.68. The molecule has 0 unspecified atom stereocenters. The number of hydrogen-bond donors (Lipinski definition) is 3. The van der Waals surface area contributed by atoms with E-state index in [1.165, 1.54) is 6.92 Å². The number of carbonyl (C=O) groups is 2. The van der Waals surface area contributed by atoms with Crippen LogP contribution in [0.1, 0.15) is 12.5 Å². The number of urea groups is 1. The van der Waals surface area contributed by atoms with Gasteiger partial charge in [0.25, 0.3) is 0 Å². The summed E-state index contributed by atoms with van der Waals surface area (Å²) in [7, 11) is 0. The van der Waals surface area contributed by atoms with Crippen LogP contribution < -0.4 is 20.7 Å². The average Bonchev–Trinajstić information content (AvgIpc) is 2.56. The molecule has 1 heterocycles. The predicted octanol–water partition coefficient (Wildman–Crippen LogP) is 2.77. The lowest BCUT2D eigenvalue weighted by Gasteiger charge is -2.26. The highest BCUT2D eigenvalue weighted by Gasteiger charge is 2.20. The number of carbonyl (C=O) groups excluding carboxylic acids is 2. The minimum absolute atomic E-state index is 0.0708. The van der Waals surface area contributed by atoms with Crippen LogP contribution in [-0.4, -0.2) is 24.6 Å². The van der Waals surface area contributed by atoms with Gasteiger partial charge in [-0.15, -0.1) is 0 Å². The fourth-order valence-electron chi connectivity index (χ4n) is 2.61. The highest BCUT2D eigenvalue weighted by molar-refractivity contribution is 5.91. The first-order valence-corrected chi connectivity index (χ1v) is 7.76. The van der Waals surface area contributed by atoms with Crippen molar-refractivity contribution in [3.8, 4) is 5.75 Å². The predicted molar refractivity (Wildman–Crippen MR) is 92.3 cm³/mol. The number of rotatable bonds is 3. The number of anilines is 2. The van der Waals surface area contributed by atoms with E-state index in [-0.39, 0.29) is 18.0 Å². The molecule has 3 N–H and O–H groups in total. The van der Waals surface area contributed by atoms with Crippen molar-refractivity contribution in [3.05, 3.63) is 54.1 Å². The number of para-hydroxylation sites is 1. The van der Waals surface area contributed by atoms with Gasteiger partial charge in [0.2, 0.25) is 5.91 Å². The van der Waals surface area contributed by atoms with Crippen LogP contribution in [0, 0.1) is 0 Å². The van der Waals surface area contributed by atoms with Crippen LogP contribution in [0.5, 0.6) is 5.75 Å². The topological polar surface area (TPSA) is 79.5 Å². The Labute approximate surface area is 140 Å². The monoisotopic (exact) mass is 325 g/mol. The maximum absolute atomic E-state index is 12.1. The van der Waals surface area contributed by atoms with E-state index in [1.807, 2.05) is 24.3 Å². The Kier molecular flexibility index (Phi) is 4.65. The van der Waals surface area contributed by atoms with Crippen molar-refractivity contribution in [1.29, 1.82) is 0 Å². The summed E-state index contributed by atoms with van der Waals surface area (Å²) < 4.78 is 5.66. The molecule has 1 atom stereocenters. The maximum Gasteiger partial charge on any atom is 0.319 e. The lowest BCUT2D eigenvalue weighted by molar-refractivity contribution is -0.114. The van der Waals surface area contributed by atoms with E-state index < -0.39 is 0 Å². The zero-order valence-corrected chi connectivity index (χ0v) is 13.3. The van der Waals surface area contributed by atoms with Crippen molar-refractivity contribution in [2.45, 2.75) is 19.4 Å². The Bertz CT molecular complexity index is 743. The molecule has 0 fully saturated rings. The van der Waals surface area contributed by atoms with E-state index in [9.17, 15) is 9.59 Å². The number of nitrogens with one attached hydrogen (secondary N) is 3. The van der Waals surface area contributed by atoms with Crippen molar-refractivity contribution in [1.82, 2.24) is 5.32 Å². The number of amides is 3. The lowest BCUT2D eigenvalue weighted by atomic mass is 10.0. The lowest BCUT2D eigenvalue weighted by Crippen LogP contribution is -2.44. The molecule has 2 aromatic carbocycles. The summed E-state index contributed by atoms with van der Waals surface area (Å²) in [5, 5.41) is 8.36. The van der Waals surface area contributed by atoms with Gasteiger partial charge < -0.3 is 20.7 Å². The van der Waals surface area contributed by atoms with Gasteiger partial charge in [-0.05, 0) is 42.3 Å². The largest absolute Gasteiger partial charge is 0.491 e. The van der Waals surface area contributed by atoms with Crippen molar-refractivity contribution in [2.75, 3.05) is 17.2 Å². The Morgan fingerprint density at radius 2 is 1.67 bits per heavy atom. The van der Waals surface area contributed by atoms with Gasteiger partial charge in [0.1, 0.15) is 12.4 Å². The zero-order chi connectivity index (χ0) is 16.9. The third-order valence-electron chi connectivity index (χ3n) is 3.68. The van der Waals surface area contributed by atoms with Gasteiger partial charge in [-0.1, -0.05) is 18.2 Å². The maximum atomic E-state index is 12.1. The molecule has 3 rings (SSSR count). The second-order valence-electron chi connectivity index (χ2n) is 5.68. The van der Waals surface area contributed by atoms with Gasteiger partial charge in [-0.25, -0.2) is 4.79 Å². The molecular weight excluding hydrogens is 306 g/mol. The van der Waals surface area contributed by atoms with E-state index in [0.717, 1.165) is 17.7 Å². The molecule has 0 aliphatic carbocycles. The molecule has 6 nitrogen and oxygen atoms in total. The molecule has 24 heavy (non-hydrogen) atoms. The van der Waals surface area contributed by atoms with Crippen LogP contribution in [-0.2, 0) is 11.2 Å². The Morgan fingerprint density at radius 1 is 1.00 bits per heavy atom. The summed E-state index contributed by atoms with van der Waals surface area (Å²) in [5.41, 5.74) is 2.43. The van der Waals surface area contributed by atoms with Crippen molar-refractivity contribution < 1.29 is 14.3 Å². The van der Waals surface area contributed by atoms with Gasteiger partial charge >= 0.3 is 6.03 Å². The third kappa shape index (κ3) is 4.04. The summed E-state index contributed by atoms with van der Waals surface area (Å²) >= 11 is 0. The summed E-state index contributed by atoms with van der Waals surface area (Å²) in [5.74, 6) is 0.746. The highest BCUT2D eigenvalue weighted by Crippen LogP contribution is 2.23. The van der Waals surface area contributed by atoms with Crippen LogP contribution in [0.15, 0.2) is 48.5 Å². The highest BCUT2D eigenvalue weighted by atomic mass is 16.5. The Hall–Kier alpha value is -3.02. The van der Waals surface area contributed by atoms with Gasteiger partial charge in [0, 0.05) is 18.3 Å². The molecule has 3 amide bonds. The number of hydrogen-bond acceptors (Lipinski definition) is 3. The minimum atomic E-state index is -0.282. The summed E-state index contributed by atoms with van der Waals surface area (Å²) in [4.78, 5) is 23.1. The standard InChI is InChI=1S/C18H19N3O3/c1-12(22)19-14-6-8-15(9-7-14)20-18(23)21-16-10-13-4-2-3-5-17(13)24-11-16/h2-9,16H,10-11H2,1H3,(H,19,22)(H2,20,21,23)/t16-/m0/s1. The minimum Gasteiger partial charge on any atom is -0.491 e. The number of ether oxygens (including phenoxy) is 1. The van der Waals surface area contributed by atoms with Gasteiger partial charge in [-0.2, -0.15) is 0 Å². The first kappa shape index (κ1) is 15.9. The molecule has 6 heteroatoms. The van der Waals surface area contributed by atoms with Crippen LogP contribution in [0.4, 0.5) is 16.2 Å². The fraction of sp³-hybridized carbons (Fsp3) is 0.222. The molecule has 1 aliphatic rings. The molecule has 124 valence electrons. The molecule has 0 aromatic heterocycles. The van der Waals surface area contributed by atoms with E-state index in [0.29, 0.717) is 18.0 Å². The summed E-state index contributed by atoms with van der Waals surface area (Å²) in [6.45, 7) is 1.90. The average molecular weight is 325 g/mol. The molecule has 0 saturated carbocycles. The van der Waals surface area contributed by atoms with E-state index in [4.69, 9.17) is 4.74 Å². The van der Waals surface area contributed by atoms with Crippen LogP contribution in [0.2, 0.25) is 0 Å². The van der Waals surface area contributed by atoms with Crippen molar-refractivity contribution >= 4 is 23.3 Å². The van der Waals surface area contributed by atoms with Gasteiger partial charge in [0.15, 0.2) is 0 Å². The SMILES string of the molecule is CC(=O)Nc1ccc(NC(=O)N[C@@H]2COc3ccccc3C2)cc1. The first-order valence-electron chi connectivity index (χ1n) is 7.76. The Balaban J connectivity index is 1.53. The number of fused-ring (bicyclic) bond motifs is 1. The first-order chi connectivity index (χ1) is 11.6. The van der Waals surface area contributed by atoms with E-state index in [2.05, 4.69) is 16.0 Å². The normalized spacial score (nSPS) is 15.6. The van der Waals surface area contributed by atoms with Crippen LogP contribution >= 0.6 is 0 Å². The van der Waals surface area contributed by atoms with Gasteiger partial charge in [-0.3, -0.25) is 4.79 Å². The molecular formula is C18H19N3O3. The van der Waals surface area contributed by atoms with Gasteiger partial charge in [0.05, 0.1) is 6.04 Å². The van der Waals surface area contributed by atoms with Crippen LogP contribution in [0.25, 0.3) is 0 Å². The molecule has 0 bridgehead atoms. The smallest absolute Gasteiger partial charge is 0.319 e. The summed E-state index contributed by atoms with van der Waals surface area (Å²) in [6.07, 6.45) is 0.741. The molecule has 0 spiro atoms. The Morgan fingerprint density at radius 3 is 2.38 bits per heavy atom. The number of benzene rings is 2. The molecule has 0 radical (unpaired) electrons. The van der Waals surface area contributed by atoms with E-state index >= 15 is 0 Å². The van der Waals surface area contributed by atoms with Crippen molar-refractivity contribution in [2.24, 2.45) is 0 Å². The summed E-state index contributed by atoms with van der Waals surface area (Å²) in [6, 6.07) is 14.4. The molecule has 2 aromatic rings. The van der Waals surface area contributed by atoms with Crippen molar-refractivity contribution in [3.63, 3.8) is 0 Å².